The van der Waals surface area contributed by atoms with Gasteiger partial charge in [0.05, 0.1) is 0 Å². The average Bonchev–Trinajstić information content (AvgIpc) is 3.26. The summed E-state index contributed by atoms with van der Waals surface area (Å²) in [6, 6.07) is 14.8. The molecule has 0 fully saturated rings. The number of aromatic nitrogens is 1. The van der Waals surface area contributed by atoms with Gasteiger partial charge >= 0.3 is 0 Å². The zero-order valence-electron chi connectivity index (χ0n) is 21.8. The lowest BCUT2D eigenvalue weighted by molar-refractivity contribution is -0.128. The number of anilines is 2. The Labute approximate surface area is 222 Å². The molecule has 1 heterocycles. The molecule has 9 heteroatoms. The van der Waals surface area contributed by atoms with E-state index in [2.05, 4.69) is 15.8 Å². The molecule has 1 aromatic heterocycles. The van der Waals surface area contributed by atoms with Gasteiger partial charge in [-0.3, -0.25) is 19.3 Å². The number of carbonyl (C=O) groups excluding carboxylic acids is 3. The Balaban J connectivity index is 1.97. The summed E-state index contributed by atoms with van der Waals surface area (Å²) in [5, 5.41) is 9.79. The third-order valence-electron chi connectivity index (χ3n) is 6.09. The molecule has 8 nitrogen and oxygen atoms in total. The van der Waals surface area contributed by atoms with Crippen LogP contribution in [-0.2, 0) is 14.4 Å². The molecule has 0 saturated heterocycles. The first kappa shape index (κ1) is 27.9. The molecule has 2 N–H and O–H groups in total. The Hall–Kier alpha value is -3.65. The smallest absolute Gasteiger partial charge is 0.248 e. The number of nitrogens with one attached hydrogen (secondary N) is 2. The van der Waals surface area contributed by atoms with Crippen molar-refractivity contribution in [2.24, 2.45) is 0 Å². The van der Waals surface area contributed by atoms with E-state index in [4.69, 9.17) is 16.1 Å². The summed E-state index contributed by atoms with van der Waals surface area (Å²) in [6.07, 6.45) is 0.445. The van der Waals surface area contributed by atoms with Crippen LogP contribution in [0.1, 0.15) is 63.0 Å². The molecule has 0 bridgehead atoms. The zero-order valence-corrected chi connectivity index (χ0v) is 22.6. The average molecular weight is 525 g/mol. The number of benzene rings is 2. The number of nitrogens with zero attached hydrogens (tertiary/aromatic N) is 2. The van der Waals surface area contributed by atoms with Crippen LogP contribution >= 0.6 is 11.6 Å². The van der Waals surface area contributed by atoms with Crippen molar-refractivity contribution >= 4 is 40.8 Å². The molecule has 0 radical (unpaired) electrons. The molecule has 3 amide bonds. The maximum absolute atomic E-state index is 13.8. The topological polar surface area (TPSA) is 105 Å². The molecule has 196 valence electrons. The first-order valence-corrected chi connectivity index (χ1v) is 12.6. The third-order valence-corrected chi connectivity index (χ3v) is 6.44. The number of hydrogen-bond acceptors (Lipinski definition) is 5. The van der Waals surface area contributed by atoms with Crippen molar-refractivity contribution in [3.8, 4) is 0 Å². The fourth-order valence-corrected chi connectivity index (χ4v) is 3.94. The van der Waals surface area contributed by atoms with Crippen LogP contribution in [0.4, 0.5) is 11.5 Å². The minimum Gasteiger partial charge on any atom is -0.360 e. The summed E-state index contributed by atoms with van der Waals surface area (Å²) >= 11 is 6.55. The highest BCUT2D eigenvalue weighted by molar-refractivity contribution is 6.31. The molecule has 0 spiro atoms. The predicted octanol–water partition coefficient (Wildman–Crippen LogP) is 5.74. The minimum absolute atomic E-state index is 0.107. The van der Waals surface area contributed by atoms with Crippen LogP contribution in [0.25, 0.3) is 0 Å². The fraction of sp³-hybridized carbons (Fsp3) is 0.357. The summed E-state index contributed by atoms with van der Waals surface area (Å²) < 4.78 is 4.97. The Bertz CT molecular complexity index is 1250. The van der Waals surface area contributed by atoms with Crippen LogP contribution in [0, 0.1) is 13.8 Å². The van der Waals surface area contributed by atoms with Gasteiger partial charge in [0, 0.05) is 40.7 Å². The van der Waals surface area contributed by atoms with E-state index < -0.39 is 23.4 Å². The van der Waals surface area contributed by atoms with E-state index in [1.54, 1.807) is 49.4 Å². The third kappa shape index (κ3) is 7.43. The lowest BCUT2D eigenvalue weighted by atomic mass is 9.97. The molecular formula is C28H33ClN4O4. The van der Waals surface area contributed by atoms with Crippen LogP contribution in [-0.4, -0.2) is 28.4 Å². The van der Waals surface area contributed by atoms with E-state index in [0.29, 0.717) is 28.5 Å². The number of hydrogen-bond donors (Lipinski definition) is 2. The van der Waals surface area contributed by atoms with Crippen molar-refractivity contribution in [3.05, 3.63) is 76.5 Å². The highest BCUT2D eigenvalue weighted by Crippen LogP contribution is 2.33. The number of rotatable bonds is 10. The SMILES string of the molecule is CCC(C)(C)NC(=O)[C@@H](c1ccccc1Cl)N(C(=O)CCC(=O)Nc1cc(C)on1)c1ccc(C)cc1. The molecule has 1 atom stereocenters. The molecular weight excluding hydrogens is 492 g/mol. The number of halogens is 1. The molecule has 0 aliphatic heterocycles. The molecule has 2 aromatic carbocycles. The van der Waals surface area contributed by atoms with E-state index in [-0.39, 0.29) is 24.6 Å². The van der Waals surface area contributed by atoms with Crippen LogP contribution < -0.4 is 15.5 Å². The lowest BCUT2D eigenvalue weighted by Crippen LogP contribution is -2.50. The number of carbonyl (C=O) groups is 3. The Morgan fingerprint density at radius 3 is 2.32 bits per heavy atom. The van der Waals surface area contributed by atoms with Gasteiger partial charge in [0.2, 0.25) is 17.7 Å². The second kappa shape index (κ2) is 12.1. The molecule has 0 unspecified atom stereocenters. The van der Waals surface area contributed by atoms with Crippen molar-refractivity contribution in [2.75, 3.05) is 10.2 Å². The van der Waals surface area contributed by atoms with Crippen LogP contribution in [0.3, 0.4) is 0 Å². The van der Waals surface area contributed by atoms with Gasteiger partial charge in [0.15, 0.2) is 5.82 Å². The maximum Gasteiger partial charge on any atom is 0.248 e. The first-order chi connectivity index (χ1) is 17.5. The molecule has 0 aliphatic rings. The van der Waals surface area contributed by atoms with Crippen molar-refractivity contribution in [2.45, 2.75) is 65.5 Å². The van der Waals surface area contributed by atoms with Gasteiger partial charge in [-0.2, -0.15) is 0 Å². The summed E-state index contributed by atoms with van der Waals surface area (Å²) in [7, 11) is 0. The van der Waals surface area contributed by atoms with E-state index in [1.807, 2.05) is 39.8 Å². The Morgan fingerprint density at radius 1 is 1.05 bits per heavy atom. The van der Waals surface area contributed by atoms with Crippen LogP contribution in [0.15, 0.2) is 59.1 Å². The van der Waals surface area contributed by atoms with Crippen molar-refractivity contribution in [1.29, 1.82) is 0 Å². The van der Waals surface area contributed by atoms with Crippen molar-refractivity contribution in [3.63, 3.8) is 0 Å². The Morgan fingerprint density at radius 2 is 1.73 bits per heavy atom. The second-order valence-electron chi connectivity index (χ2n) is 9.62. The Kier molecular flexibility index (Phi) is 9.10. The van der Waals surface area contributed by atoms with Gasteiger partial charge in [0.1, 0.15) is 11.8 Å². The summed E-state index contributed by atoms with van der Waals surface area (Å²) in [5.41, 5.74) is 1.51. The minimum atomic E-state index is -1.05. The molecule has 37 heavy (non-hydrogen) atoms. The molecule has 0 aliphatic carbocycles. The van der Waals surface area contributed by atoms with Crippen molar-refractivity contribution < 1.29 is 18.9 Å². The monoisotopic (exact) mass is 524 g/mol. The fourth-order valence-electron chi connectivity index (χ4n) is 3.70. The maximum atomic E-state index is 13.8. The highest BCUT2D eigenvalue weighted by atomic mass is 35.5. The molecule has 3 rings (SSSR count). The van der Waals surface area contributed by atoms with Gasteiger partial charge in [-0.25, -0.2) is 0 Å². The van der Waals surface area contributed by atoms with E-state index in [1.165, 1.54) is 4.90 Å². The molecule has 0 saturated carbocycles. The highest BCUT2D eigenvalue weighted by Gasteiger charge is 2.36. The van der Waals surface area contributed by atoms with Gasteiger partial charge in [0.25, 0.3) is 0 Å². The first-order valence-electron chi connectivity index (χ1n) is 12.2. The number of amides is 3. The summed E-state index contributed by atoms with van der Waals surface area (Å²) in [4.78, 5) is 41.5. The largest absolute Gasteiger partial charge is 0.360 e. The quantitative estimate of drug-likeness (QED) is 0.352. The predicted molar refractivity (Wildman–Crippen MR) is 144 cm³/mol. The summed E-state index contributed by atoms with van der Waals surface area (Å²) in [5.74, 6) is -0.321. The zero-order chi connectivity index (χ0) is 27.2. The number of aryl methyl sites for hydroxylation is 2. The summed E-state index contributed by atoms with van der Waals surface area (Å²) in [6.45, 7) is 9.47. The van der Waals surface area contributed by atoms with E-state index >= 15 is 0 Å². The second-order valence-corrected chi connectivity index (χ2v) is 10.0. The normalized spacial score (nSPS) is 12.1. The van der Waals surface area contributed by atoms with Crippen molar-refractivity contribution in [1.82, 2.24) is 10.5 Å². The van der Waals surface area contributed by atoms with E-state index in [0.717, 1.165) is 5.56 Å². The van der Waals surface area contributed by atoms with Crippen LogP contribution in [0.2, 0.25) is 5.02 Å². The van der Waals surface area contributed by atoms with Gasteiger partial charge in [-0.1, -0.05) is 59.6 Å². The van der Waals surface area contributed by atoms with Gasteiger partial charge in [-0.15, -0.1) is 0 Å². The lowest BCUT2D eigenvalue weighted by Gasteiger charge is -2.35. The molecule has 3 aromatic rings. The standard InChI is InChI=1S/C28H33ClN4O4/c1-6-28(4,5)31-27(36)26(21-9-7-8-10-22(21)29)33(20-13-11-18(2)12-14-20)25(35)16-15-24(34)30-23-17-19(3)37-32-23/h7-14,17,26H,6,15-16H2,1-5H3,(H,31,36)(H,30,32,34)/t26-/m1/s1. The van der Waals surface area contributed by atoms with Gasteiger partial charge in [-0.05, 0) is 52.3 Å². The van der Waals surface area contributed by atoms with Gasteiger partial charge < -0.3 is 15.2 Å². The van der Waals surface area contributed by atoms with E-state index in [9.17, 15) is 14.4 Å². The van der Waals surface area contributed by atoms with Crippen LogP contribution in [0.5, 0.6) is 0 Å².